The molecule has 9 heteroatoms. The predicted molar refractivity (Wildman–Crippen MR) is 83.1 cm³/mol. The Kier molecular flexibility index (Phi) is 4.59. The summed E-state index contributed by atoms with van der Waals surface area (Å²) in [6, 6.07) is 6.91. The Balaban J connectivity index is 1.67. The van der Waals surface area contributed by atoms with Gasteiger partial charge in [0.15, 0.2) is 5.69 Å². The maximum absolute atomic E-state index is 13.0. The van der Waals surface area contributed by atoms with Gasteiger partial charge >= 0.3 is 0 Å². The molecule has 7 nitrogen and oxygen atoms in total. The van der Waals surface area contributed by atoms with Crippen molar-refractivity contribution in [2.24, 2.45) is 0 Å². The normalized spacial score (nSPS) is 12.1. The number of hydrogen-bond acceptors (Lipinski definition) is 5. The Labute approximate surface area is 140 Å². The summed E-state index contributed by atoms with van der Waals surface area (Å²) in [6.07, 6.45) is 1.91. The summed E-state index contributed by atoms with van der Waals surface area (Å²) in [6.45, 7) is 0.0745. The van der Waals surface area contributed by atoms with E-state index in [1.165, 1.54) is 29.3 Å². The van der Waals surface area contributed by atoms with Gasteiger partial charge in [-0.15, -0.1) is 5.10 Å². The fourth-order valence-electron chi connectivity index (χ4n) is 2.02. The van der Waals surface area contributed by atoms with Gasteiger partial charge in [0.05, 0.1) is 29.7 Å². The number of rotatable bonds is 5. The number of amides is 1. The van der Waals surface area contributed by atoms with Crippen LogP contribution in [0.5, 0.6) is 0 Å². The highest BCUT2D eigenvalue weighted by molar-refractivity contribution is 6.33. The monoisotopic (exact) mass is 350 g/mol. The van der Waals surface area contributed by atoms with Gasteiger partial charge in [-0.25, -0.2) is 9.07 Å². The minimum atomic E-state index is -0.913. The van der Waals surface area contributed by atoms with Crippen LogP contribution in [0.2, 0.25) is 5.02 Å². The number of hydrogen-bond donors (Lipinski definition) is 2. The van der Waals surface area contributed by atoms with E-state index in [0.717, 1.165) is 6.07 Å². The van der Waals surface area contributed by atoms with E-state index in [-0.39, 0.29) is 22.9 Å². The van der Waals surface area contributed by atoms with E-state index >= 15 is 0 Å². The van der Waals surface area contributed by atoms with Crippen LogP contribution in [0.3, 0.4) is 0 Å². The van der Waals surface area contributed by atoms with Gasteiger partial charge in [-0.2, -0.15) is 0 Å². The molecule has 24 heavy (non-hydrogen) atoms. The van der Waals surface area contributed by atoms with Gasteiger partial charge in [-0.05, 0) is 30.3 Å². The minimum Gasteiger partial charge on any atom is -0.467 e. The number of nitrogens with zero attached hydrogens (tertiary/aromatic N) is 3. The van der Waals surface area contributed by atoms with Gasteiger partial charge in [0.25, 0.3) is 5.91 Å². The van der Waals surface area contributed by atoms with Crippen molar-refractivity contribution in [1.29, 1.82) is 0 Å². The van der Waals surface area contributed by atoms with Crippen LogP contribution in [0.15, 0.2) is 47.2 Å². The van der Waals surface area contributed by atoms with Gasteiger partial charge in [-0.3, -0.25) is 4.79 Å². The summed E-state index contributed by atoms with van der Waals surface area (Å²) in [5.74, 6) is -0.673. The van der Waals surface area contributed by atoms with Crippen LogP contribution in [-0.2, 0) is 6.54 Å². The Morgan fingerprint density at radius 2 is 2.29 bits per heavy atom. The molecule has 2 N–H and O–H groups in total. The smallest absolute Gasteiger partial charge is 0.277 e. The maximum atomic E-state index is 13.0. The molecule has 0 bridgehead atoms. The molecule has 0 spiro atoms. The van der Waals surface area contributed by atoms with Crippen molar-refractivity contribution < 1.29 is 18.7 Å². The largest absolute Gasteiger partial charge is 0.467 e. The first kappa shape index (κ1) is 16.2. The minimum absolute atomic E-state index is 0.0297. The molecule has 0 saturated heterocycles. The van der Waals surface area contributed by atoms with Crippen LogP contribution in [0.25, 0.3) is 0 Å². The number of benzene rings is 1. The van der Waals surface area contributed by atoms with Crippen LogP contribution in [-0.4, -0.2) is 26.0 Å². The van der Waals surface area contributed by atoms with Gasteiger partial charge < -0.3 is 14.8 Å². The van der Waals surface area contributed by atoms with E-state index in [2.05, 4.69) is 15.6 Å². The molecule has 3 aromatic rings. The Morgan fingerprint density at radius 1 is 1.46 bits per heavy atom. The molecule has 1 atom stereocenters. The number of halogens is 2. The number of aromatic nitrogens is 3. The average molecular weight is 351 g/mol. The lowest BCUT2D eigenvalue weighted by molar-refractivity contribution is 0.102. The van der Waals surface area contributed by atoms with Gasteiger partial charge in [-0.1, -0.05) is 16.8 Å². The SMILES string of the molecule is O=C(Nc1ccc(F)cc1Cl)c1cn(C[C@@H](O)c2ccco2)nn1. The van der Waals surface area contributed by atoms with Crippen LogP contribution in [0, 0.1) is 5.82 Å². The van der Waals surface area contributed by atoms with Crippen molar-refractivity contribution in [2.45, 2.75) is 12.6 Å². The molecule has 2 aromatic heterocycles. The second-order valence-corrected chi connectivity index (χ2v) is 5.34. The van der Waals surface area contributed by atoms with E-state index in [1.54, 1.807) is 12.1 Å². The summed E-state index contributed by atoms with van der Waals surface area (Å²) >= 11 is 5.85. The van der Waals surface area contributed by atoms with Crippen molar-refractivity contribution in [1.82, 2.24) is 15.0 Å². The summed E-state index contributed by atoms with van der Waals surface area (Å²) in [5.41, 5.74) is 0.287. The molecule has 2 heterocycles. The van der Waals surface area contributed by atoms with Crippen molar-refractivity contribution >= 4 is 23.2 Å². The van der Waals surface area contributed by atoms with Crippen molar-refractivity contribution in [2.75, 3.05) is 5.32 Å². The molecule has 0 aliphatic carbocycles. The summed E-state index contributed by atoms with van der Waals surface area (Å²) < 4.78 is 19.4. The third-order valence-corrected chi connectivity index (χ3v) is 3.49. The zero-order valence-corrected chi connectivity index (χ0v) is 12.9. The highest BCUT2D eigenvalue weighted by atomic mass is 35.5. The highest BCUT2D eigenvalue weighted by Crippen LogP contribution is 2.23. The molecule has 1 aromatic carbocycles. The third kappa shape index (κ3) is 3.61. The molecule has 0 unspecified atom stereocenters. The average Bonchev–Trinajstić information content (AvgIpc) is 3.21. The van der Waals surface area contributed by atoms with Crippen LogP contribution in [0.4, 0.5) is 10.1 Å². The molecule has 124 valence electrons. The van der Waals surface area contributed by atoms with Crippen LogP contribution < -0.4 is 5.32 Å². The molecular formula is C15H12ClFN4O3. The number of anilines is 1. The lowest BCUT2D eigenvalue weighted by atomic mass is 10.3. The van der Waals surface area contributed by atoms with E-state index in [1.807, 2.05) is 0 Å². The number of nitrogens with one attached hydrogen (secondary N) is 1. The summed E-state index contributed by atoms with van der Waals surface area (Å²) in [7, 11) is 0. The zero-order chi connectivity index (χ0) is 17.1. The molecule has 3 rings (SSSR count). The first-order chi connectivity index (χ1) is 11.5. The predicted octanol–water partition coefficient (Wildman–Crippen LogP) is 2.65. The fraction of sp³-hybridized carbons (Fsp3) is 0.133. The summed E-state index contributed by atoms with van der Waals surface area (Å²) in [4.78, 5) is 12.1. The van der Waals surface area contributed by atoms with E-state index in [9.17, 15) is 14.3 Å². The lowest BCUT2D eigenvalue weighted by Gasteiger charge is -2.06. The lowest BCUT2D eigenvalue weighted by Crippen LogP contribution is -2.13. The molecule has 0 radical (unpaired) electrons. The van der Waals surface area contributed by atoms with Crippen molar-refractivity contribution in [3.8, 4) is 0 Å². The highest BCUT2D eigenvalue weighted by Gasteiger charge is 2.16. The number of carbonyl (C=O) groups excluding carboxylic acids is 1. The summed E-state index contributed by atoms with van der Waals surface area (Å²) in [5, 5.41) is 20.1. The van der Waals surface area contributed by atoms with Crippen molar-refractivity contribution in [3.63, 3.8) is 0 Å². The molecular weight excluding hydrogens is 339 g/mol. The number of aliphatic hydroxyl groups is 1. The van der Waals surface area contributed by atoms with Crippen LogP contribution in [0.1, 0.15) is 22.4 Å². The molecule has 0 saturated carbocycles. The van der Waals surface area contributed by atoms with Gasteiger partial charge in [0, 0.05) is 0 Å². The van der Waals surface area contributed by atoms with E-state index in [4.69, 9.17) is 16.0 Å². The Morgan fingerprint density at radius 3 is 3.00 bits per heavy atom. The second-order valence-electron chi connectivity index (χ2n) is 4.94. The Bertz CT molecular complexity index is 850. The fourth-order valence-corrected chi connectivity index (χ4v) is 2.23. The maximum Gasteiger partial charge on any atom is 0.277 e. The standard InChI is InChI=1S/C15H12ClFN4O3/c16-10-6-9(17)3-4-11(10)18-15(23)12-7-21(20-19-12)8-13(22)14-2-1-5-24-14/h1-7,13,22H,8H2,(H,18,23)/t13-/m1/s1. The second kappa shape index (κ2) is 6.81. The number of furan rings is 1. The van der Waals surface area contributed by atoms with Crippen LogP contribution >= 0.6 is 11.6 Å². The number of aliphatic hydroxyl groups excluding tert-OH is 1. The zero-order valence-electron chi connectivity index (χ0n) is 12.2. The van der Waals surface area contributed by atoms with Gasteiger partial charge in [0.2, 0.25) is 0 Å². The molecule has 0 aliphatic heterocycles. The number of carbonyl (C=O) groups is 1. The first-order valence-electron chi connectivity index (χ1n) is 6.91. The van der Waals surface area contributed by atoms with E-state index < -0.39 is 17.8 Å². The Hall–Kier alpha value is -2.71. The van der Waals surface area contributed by atoms with Gasteiger partial charge in [0.1, 0.15) is 17.7 Å². The quantitative estimate of drug-likeness (QED) is 0.738. The molecule has 0 fully saturated rings. The van der Waals surface area contributed by atoms with E-state index in [0.29, 0.717) is 5.76 Å². The topological polar surface area (TPSA) is 93.2 Å². The third-order valence-electron chi connectivity index (χ3n) is 3.18. The van der Waals surface area contributed by atoms with Crippen molar-refractivity contribution in [3.05, 3.63) is 65.1 Å². The first-order valence-corrected chi connectivity index (χ1v) is 7.29. The molecule has 0 aliphatic rings. The molecule has 1 amide bonds.